The van der Waals surface area contributed by atoms with Crippen LogP contribution in [0.1, 0.15) is 30.4 Å². The molecule has 0 unspecified atom stereocenters. The first-order chi connectivity index (χ1) is 8.81. The van der Waals surface area contributed by atoms with Gasteiger partial charge >= 0.3 is 0 Å². The maximum absolute atomic E-state index is 9.11. The number of anilines is 1. The van der Waals surface area contributed by atoms with Gasteiger partial charge in [-0.3, -0.25) is 0 Å². The van der Waals surface area contributed by atoms with Crippen molar-refractivity contribution in [1.29, 1.82) is 5.26 Å². The van der Waals surface area contributed by atoms with Crippen LogP contribution in [0, 0.1) is 18.3 Å². The van der Waals surface area contributed by atoms with E-state index >= 15 is 0 Å². The quantitative estimate of drug-likeness (QED) is 0.882. The number of hydrogen-bond acceptors (Lipinski definition) is 4. The Balaban J connectivity index is 1.86. The first-order valence-electron chi connectivity index (χ1n) is 6.63. The summed E-state index contributed by atoms with van der Waals surface area (Å²) >= 11 is 0. The molecule has 4 nitrogen and oxygen atoms in total. The van der Waals surface area contributed by atoms with Crippen LogP contribution < -0.4 is 5.32 Å². The van der Waals surface area contributed by atoms with Gasteiger partial charge in [0, 0.05) is 19.3 Å². The number of nitrogens with one attached hydrogen (secondary N) is 1. The summed E-state index contributed by atoms with van der Waals surface area (Å²) < 4.78 is 0. The van der Waals surface area contributed by atoms with Crippen LogP contribution in [0.2, 0.25) is 0 Å². The van der Waals surface area contributed by atoms with Crippen LogP contribution in [0.5, 0.6) is 0 Å². The van der Waals surface area contributed by atoms with Crippen molar-refractivity contribution in [2.75, 3.05) is 31.5 Å². The molecule has 0 saturated carbocycles. The maximum atomic E-state index is 9.11. The fourth-order valence-corrected chi connectivity index (χ4v) is 2.35. The normalized spacial score (nSPS) is 16.2. The number of piperidine rings is 1. The predicted molar refractivity (Wildman–Crippen MR) is 72.5 cm³/mol. The van der Waals surface area contributed by atoms with Crippen LogP contribution in [0.25, 0.3) is 0 Å². The average molecular weight is 244 g/mol. The molecule has 0 aromatic carbocycles. The van der Waals surface area contributed by atoms with Gasteiger partial charge < -0.3 is 10.2 Å². The Bertz CT molecular complexity index is 430. The lowest BCUT2D eigenvalue weighted by atomic mass is 10.1. The van der Waals surface area contributed by atoms with Crippen LogP contribution in [-0.4, -0.2) is 36.1 Å². The monoisotopic (exact) mass is 244 g/mol. The van der Waals surface area contributed by atoms with Crippen LogP contribution in [0.4, 0.5) is 5.82 Å². The molecule has 0 atom stereocenters. The Morgan fingerprint density at radius 2 is 2.17 bits per heavy atom. The molecule has 0 radical (unpaired) electrons. The zero-order valence-corrected chi connectivity index (χ0v) is 10.9. The number of likely N-dealkylation sites (tertiary alicyclic amines) is 1. The number of aromatic nitrogens is 1. The number of pyridine rings is 1. The van der Waals surface area contributed by atoms with Crippen LogP contribution in [0.15, 0.2) is 12.3 Å². The fraction of sp³-hybridized carbons (Fsp3) is 0.571. The summed E-state index contributed by atoms with van der Waals surface area (Å²) in [5.41, 5.74) is 1.64. The van der Waals surface area contributed by atoms with Gasteiger partial charge in [0.15, 0.2) is 0 Å². The van der Waals surface area contributed by atoms with Gasteiger partial charge in [0.05, 0.1) is 5.56 Å². The second-order valence-corrected chi connectivity index (χ2v) is 4.79. The zero-order chi connectivity index (χ0) is 12.8. The van der Waals surface area contributed by atoms with E-state index < -0.39 is 0 Å². The van der Waals surface area contributed by atoms with E-state index in [9.17, 15) is 0 Å². The van der Waals surface area contributed by atoms with Gasteiger partial charge in [-0.25, -0.2) is 4.98 Å². The van der Waals surface area contributed by atoms with Gasteiger partial charge in [0.2, 0.25) is 0 Å². The third kappa shape index (κ3) is 3.21. The molecule has 0 amide bonds. The molecule has 2 heterocycles. The molecule has 96 valence electrons. The molecule has 2 rings (SSSR count). The molecule has 0 bridgehead atoms. The minimum absolute atomic E-state index is 0.663. The maximum Gasteiger partial charge on any atom is 0.144 e. The highest BCUT2D eigenvalue weighted by atomic mass is 15.1. The number of nitrogens with zero attached hydrogens (tertiary/aromatic N) is 3. The molecule has 1 aliphatic heterocycles. The van der Waals surface area contributed by atoms with Crippen molar-refractivity contribution in [2.45, 2.75) is 26.2 Å². The molecule has 0 spiro atoms. The summed E-state index contributed by atoms with van der Waals surface area (Å²) in [6.45, 7) is 6.23. The van der Waals surface area contributed by atoms with Gasteiger partial charge in [-0.1, -0.05) is 6.42 Å². The molecule has 1 aliphatic rings. The standard InChI is InChI=1S/C14H20N4/c1-12-5-6-16-14(13(12)11-15)17-7-10-18-8-3-2-4-9-18/h5-6H,2-4,7-10H2,1H3,(H,16,17). The molecule has 1 aromatic heterocycles. The SMILES string of the molecule is Cc1ccnc(NCCN2CCCCC2)c1C#N. The number of nitriles is 1. The Kier molecular flexibility index (Phi) is 4.54. The highest BCUT2D eigenvalue weighted by Crippen LogP contribution is 2.15. The third-order valence-corrected chi connectivity index (χ3v) is 3.44. The molecule has 1 fully saturated rings. The highest BCUT2D eigenvalue weighted by molar-refractivity contribution is 5.55. The Labute approximate surface area is 109 Å². The van der Waals surface area contributed by atoms with E-state index in [2.05, 4.69) is 21.3 Å². The van der Waals surface area contributed by atoms with E-state index in [1.807, 2.05) is 13.0 Å². The first kappa shape index (κ1) is 12.8. The van der Waals surface area contributed by atoms with Crippen molar-refractivity contribution >= 4 is 5.82 Å². The smallest absolute Gasteiger partial charge is 0.144 e. The molecule has 18 heavy (non-hydrogen) atoms. The van der Waals surface area contributed by atoms with E-state index in [1.54, 1.807) is 6.20 Å². The first-order valence-corrected chi connectivity index (χ1v) is 6.63. The summed E-state index contributed by atoms with van der Waals surface area (Å²) in [7, 11) is 0. The third-order valence-electron chi connectivity index (χ3n) is 3.44. The molecule has 1 N–H and O–H groups in total. The van der Waals surface area contributed by atoms with Crippen LogP contribution in [0.3, 0.4) is 0 Å². The summed E-state index contributed by atoms with van der Waals surface area (Å²) in [5.74, 6) is 0.717. The topological polar surface area (TPSA) is 52.0 Å². The lowest BCUT2D eigenvalue weighted by Crippen LogP contribution is -2.33. The zero-order valence-electron chi connectivity index (χ0n) is 10.9. The van der Waals surface area contributed by atoms with Gasteiger partial charge in [-0.15, -0.1) is 0 Å². The second kappa shape index (κ2) is 6.36. The van der Waals surface area contributed by atoms with Gasteiger partial charge in [-0.05, 0) is 44.5 Å². The summed E-state index contributed by atoms with van der Waals surface area (Å²) in [5, 5.41) is 12.4. The van der Waals surface area contributed by atoms with Gasteiger partial charge in [0.25, 0.3) is 0 Å². The second-order valence-electron chi connectivity index (χ2n) is 4.79. The predicted octanol–water partition coefficient (Wildman–Crippen LogP) is 2.16. The Morgan fingerprint density at radius 1 is 1.39 bits per heavy atom. The number of aryl methyl sites for hydroxylation is 1. The molecule has 0 aliphatic carbocycles. The summed E-state index contributed by atoms with van der Waals surface area (Å²) in [6.07, 6.45) is 5.74. The van der Waals surface area contributed by atoms with Crippen molar-refractivity contribution in [3.8, 4) is 6.07 Å². The lowest BCUT2D eigenvalue weighted by molar-refractivity contribution is 0.237. The molecule has 1 saturated heterocycles. The molecule has 4 heteroatoms. The Hall–Kier alpha value is -1.60. The van der Waals surface area contributed by atoms with E-state index in [0.717, 1.165) is 24.5 Å². The Morgan fingerprint density at radius 3 is 2.89 bits per heavy atom. The molecule has 1 aromatic rings. The summed E-state index contributed by atoms with van der Waals surface area (Å²) in [4.78, 5) is 6.71. The van der Waals surface area contributed by atoms with Crippen molar-refractivity contribution in [1.82, 2.24) is 9.88 Å². The van der Waals surface area contributed by atoms with Gasteiger partial charge in [0.1, 0.15) is 11.9 Å². The van der Waals surface area contributed by atoms with Gasteiger partial charge in [-0.2, -0.15) is 5.26 Å². The van der Waals surface area contributed by atoms with E-state index in [-0.39, 0.29) is 0 Å². The van der Waals surface area contributed by atoms with Crippen LogP contribution >= 0.6 is 0 Å². The number of hydrogen-bond donors (Lipinski definition) is 1. The largest absolute Gasteiger partial charge is 0.368 e. The highest BCUT2D eigenvalue weighted by Gasteiger charge is 2.10. The van der Waals surface area contributed by atoms with Crippen molar-refractivity contribution in [3.05, 3.63) is 23.4 Å². The number of rotatable bonds is 4. The van der Waals surface area contributed by atoms with E-state index in [4.69, 9.17) is 5.26 Å². The van der Waals surface area contributed by atoms with Crippen molar-refractivity contribution < 1.29 is 0 Å². The van der Waals surface area contributed by atoms with Crippen molar-refractivity contribution in [2.24, 2.45) is 0 Å². The molecular formula is C14H20N4. The van der Waals surface area contributed by atoms with Crippen molar-refractivity contribution in [3.63, 3.8) is 0 Å². The minimum atomic E-state index is 0.663. The lowest BCUT2D eigenvalue weighted by Gasteiger charge is -2.26. The van der Waals surface area contributed by atoms with E-state index in [0.29, 0.717) is 5.56 Å². The minimum Gasteiger partial charge on any atom is -0.368 e. The fourth-order valence-electron chi connectivity index (χ4n) is 2.35. The average Bonchev–Trinajstić information content (AvgIpc) is 2.40. The molecular weight excluding hydrogens is 224 g/mol. The van der Waals surface area contributed by atoms with Crippen LogP contribution in [-0.2, 0) is 0 Å². The summed E-state index contributed by atoms with van der Waals surface area (Å²) in [6, 6.07) is 4.08. The van der Waals surface area contributed by atoms with E-state index in [1.165, 1.54) is 32.4 Å².